The molecule has 2 heterocycles. The van der Waals surface area contributed by atoms with Crippen LogP contribution in [0.25, 0.3) is 99.1 Å². The first-order chi connectivity index (χ1) is 25.8. The molecule has 0 aliphatic carbocycles. The van der Waals surface area contributed by atoms with Crippen LogP contribution in [0, 0.1) is 0 Å². The lowest BCUT2D eigenvalue weighted by Crippen LogP contribution is -1.92. The highest BCUT2D eigenvalue weighted by Gasteiger charge is 2.18. The van der Waals surface area contributed by atoms with E-state index in [4.69, 9.17) is 4.98 Å². The van der Waals surface area contributed by atoms with Crippen LogP contribution in [0.3, 0.4) is 0 Å². The first-order valence-electron chi connectivity index (χ1n) is 17.7. The van der Waals surface area contributed by atoms with Crippen LogP contribution < -0.4 is 0 Å². The van der Waals surface area contributed by atoms with E-state index < -0.39 is 0 Å². The van der Waals surface area contributed by atoms with Gasteiger partial charge in [0.2, 0.25) is 0 Å². The largest absolute Gasteiger partial charge is 0.255 e. The molecule has 2 heteroatoms. The van der Waals surface area contributed by atoms with Crippen LogP contribution in [-0.2, 0) is 0 Å². The molecule has 0 saturated heterocycles. The minimum Gasteiger partial charge on any atom is -0.255 e. The van der Waals surface area contributed by atoms with Gasteiger partial charge in [0.05, 0.1) is 17.1 Å². The van der Waals surface area contributed by atoms with Crippen molar-refractivity contribution >= 4 is 43.1 Å². The fourth-order valence-electron chi connectivity index (χ4n) is 7.76. The molecule has 0 radical (unpaired) electrons. The molecule has 52 heavy (non-hydrogen) atoms. The summed E-state index contributed by atoms with van der Waals surface area (Å²) in [6.45, 7) is 0. The summed E-state index contributed by atoms with van der Waals surface area (Å²) in [4.78, 5) is 9.45. The quantitative estimate of drug-likeness (QED) is 0.172. The number of rotatable bonds is 5. The molecule has 242 valence electrons. The molecule has 0 atom stereocenters. The number of pyridine rings is 2. The fourth-order valence-corrected chi connectivity index (χ4v) is 7.76. The summed E-state index contributed by atoms with van der Waals surface area (Å²) in [6, 6.07) is 67.7. The van der Waals surface area contributed by atoms with E-state index in [9.17, 15) is 0 Å². The zero-order valence-electron chi connectivity index (χ0n) is 28.4. The number of fused-ring (bicyclic) bond motifs is 4. The van der Waals surface area contributed by atoms with E-state index in [0.29, 0.717) is 0 Å². The summed E-state index contributed by atoms with van der Waals surface area (Å²) in [5.74, 6) is 0. The molecule has 2 aromatic heterocycles. The van der Waals surface area contributed by atoms with Crippen LogP contribution >= 0.6 is 0 Å². The fraction of sp³-hybridized carbons (Fsp3) is 0. The molecule has 0 fully saturated rings. The Kier molecular flexibility index (Phi) is 7.18. The minimum absolute atomic E-state index is 0.868. The normalized spacial score (nSPS) is 11.5. The van der Waals surface area contributed by atoms with E-state index in [0.717, 1.165) is 28.2 Å². The van der Waals surface area contributed by atoms with E-state index in [1.807, 2.05) is 24.3 Å². The highest BCUT2D eigenvalue weighted by atomic mass is 14.8. The SMILES string of the molecule is c1ccc(-c2cccc(-c3ccc(-c4ccc5c(-c6ccc7ccccc7c6)c6ccccc6c(-c6ccc7ccccc7c6)c5c4)cc3)n2)nc1. The van der Waals surface area contributed by atoms with Gasteiger partial charge in [-0.1, -0.05) is 146 Å². The number of benzene rings is 8. The monoisotopic (exact) mass is 660 g/mol. The van der Waals surface area contributed by atoms with Crippen LogP contribution in [0.1, 0.15) is 0 Å². The van der Waals surface area contributed by atoms with Crippen molar-refractivity contribution in [1.82, 2.24) is 9.97 Å². The van der Waals surface area contributed by atoms with Gasteiger partial charge >= 0.3 is 0 Å². The van der Waals surface area contributed by atoms with Gasteiger partial charge in [-0.2, -0.15) is 0 Å². The molecule has 8 aromatic carbocycles. The summed E-state index contributed by atoms with van der Waals surface area (Å²) >= 11 is 0. The Balaban J connectivity index is 1.17. The Morgan fingerprint density at radius 2 is 0.769 bits per heavy atom. The number of nitrogens with zero attached hydrogens (tertiary/aromatic N) is 2. The second-order valence-electron chi connectivity index (χ2n) is 13.4. The van der Waals surface area contributed by atoms with Crippen molar-refractivity contribution in [3.05, 3.63) is 194 Å². The third-order valence-electron chi connectivity index (χ3n) is 10.3. The Bertz CT molecular complexity index is 2940. The minimum atomic E-state index is 0.868. The Morgan fingerprint density at radius 3 is 1.42 bits per heavy atom. The summed E-state index contributed by atoms with van der Waals surface area (Å²) in [5.41, 5.74) is 11.0. The van der Waals surface area contributed by atoms with E-state index in [1.165, 1.54) is 70.9 Å². The summed E-state index contributed by atoms with van der Waals surface area (Å²) < 4.78 is 0. The smallest absolute Gasteiger partial charge is 0.0893 e. The van der Waals surface area contributed by atoms with Crippen LogP contribution in [0.4, 0.5) is 0 Å². The summed E-state index contributed by atoms with van der Waals surface area (Å²) in [5, 5.41) is 9.96. The van der Waals surface area contributed by atoms with Gasteiger partial charge in [-0.3, -0.25) is 4.98 Å². The second kappa shape index (κ2) is 12.5. The third kappa shape index (κ3) is 5.21. The van der Waals surface area contributed by atoms with Gasteiger partial charge < -0.3 is 0 Å². The van der Waals surface area contributed by atoms with Crippen LogP contribution in [0.15, 0.2) is 194 Å². The van der Waals surface area contributed by atoms with Gasteiger partial charge in [0.25, 0.3) is 0 Å². The first kappa shape index (κ1) is 30.0. The molecule has 10 rings (SSSR count). The van der Waals surface area contributed by atoms with Crippen molar-refractivity contribution in [2.45, 2.75) is 0 Å². The molecular formula is C50H32N2. The molecule has 0 amide bonds. The maximum Gasteiger partial charge on any atom is 0.0893 e. The van der Waals surface area contributed by atoms with Gasteiger partial charge in [-0.25, -0.2) is 4.98 Å². The number of hydrogen-bond acceptors (Lipinski definition) is 2. The van der Waals surface area contributed by atoms with Gasteiger partial charge in [-0.15, -0.1) is 0 Å². The van der Waals surface area contributed by atoms with Crippen molar-refractivity contribution in [2.24, 2.45) is 0 Å². The molecule has 0 unspecified atom stereocenters. The van der Waals surface area contributed by atoms with E-state index in [2.05, 4.69) is 169 Å². The van der Waals surface area contributed by atoms with Gasteiger partial charge in [-0.05, 0) is 119 Å². The van der Waals surface area contributed by atoms with Crippen molar-refractivity contribution in [1.29, 1.82) is 0 Å². The van der Waals surface area contributed by atoms with Crippen LogP contribution in [-0.4, -0.2) is 9.97 Å². The zero-order chi connectivity index (χ0) is 34.4. The maximum atomic E-state index is 4.95. The van der Waals surface area contributed by atoms with Crippen molar-refractivity contribution in [3.8, 4) is 56.0 Å². The molecular weight excluding hydrogens is 629 g/mol. The molecule has 0 spiro atoms. The third-order valence-corrected chi connectivity index (χ3v) is 10.3. The Morgan fingerprint density at radius 1 is 0.269 bits per heavy atom. The maximum absolute atomic E-state index is 4.95. The number of hydrogen-bond donors (Lipinski definition) is 0. The molecule has 0 saturated carbocycles. The predicted octanol–water partition coefficient (Wildman–Crippen LogP) is 13.4. The van der Waals surface area contributed by atoms with Crippen LogP contribution in [0.5, 0.6) is 0 Å². The van der Waals surface area contributed by atoms with E-state index in [-0.39, 0.29) is 0 Å². The highest BCUT2D eigenvalue weighted by molar-refractivity contribution is 6.22. The summed E-state index contributed by atoms with van der Waals surface area (Å²) in [7, 11) is 0. The molecule has 0 N–H and O–H groups in total. The lowest BCUT2D eigenvalue weighted by molar-refractivity contribution is 1.25. The van der Waals surface area contributed by atoms with Crippen molar-refractivity contribution in [2.75, 3.05) is 0 Å². The average Bonchev–Trinajstić information content (AvgIpc) is 3.22. The van der Waals surface area contributed by atoms with Gasteiger partial charge in [0.1, 0.15) is 0 Å². The second-order valence-corrected chi connectivity index (χ2v) is 13.4. The topological polar surface area (TPSA) is 25.8 Å². The molecule has 0 aliphatic rings. The standard InChI is InChI=1S/C50H32N2/c1-3-12-37-30-40(25-21-33(37)10-1)49-42-14-5-6-15-43(42)50(41-26-22-34-11-2-4-13-38(34)31-41)45-32-39(27-28-44(45)49)35-19-23-36(24-20-35)46-17-9-18-48(52-46)47-16-7-8-29-51-47/h1-32H. The molecule has 0 aliphatic heterocycles. The average molecular weight is 661 g/mol. The van der Waals surface area contributed by atoms with Crippen LogP contribution in [0.2, 0.25) is 0 Å². The zero-order valence-corrected chi connectivity index (χ0v) is 28.4. The molecule has 0 bridgehead atoms. The molecule has 2 nitrogen and oxygen atoms in total. The lowest BCUT2D eigenvalue weighted by atomic mass is 9.84. The number of aromatic nitrogens is 2. The lowest BCUT2D eigenvalue weighted by Gasteiger charge is -2.19. The Labute approximate surface area is 302 Å². The van der Waals surface area contributed by atoms with E-state index in [1.54, 1.807) is 6.20 Å². The van der Waals surface area contributed by atoms with Gasteiger partial charge in [0, 0.05) is 11.8 Å². The Hall–Kier alpha value is -6.90. The first-order valence-corrected chi connectivity index (χ1v) is 17.7. The molecule has 10 aromatic rings. The van der Waals surface area contributed by atoms with E-state index >= 15 is 0 Å². The van der Waals surface area contributed by atoms with Crippen molar-refractivity contribution in [3.63, 3.8) is 0 Å². The highest BCUT2D eigenvalue weighted by Crippen LogP contribution is 2.45. The summed E-state index contributed by atoms with van der Waals surface area (Å²) in [6.07, 6.45) is 1.81. The van der Waals surface area contributed by atoms with Crippen molar-refractivity contribution < 1.29 is 0 Å². The predicted molar refractivity (Wildman–Crippen MR) is 219 cm³/mol. The van der Waals surface area contributed by atoms with Gasteiger partial charge in [0.15, 0.2) is 0 Å².